The second kappa shape index (κ2) is 7.33. The summed E-state index contributed by atoms with van der Waals surface area (Å²) in [6, 6.07) is 7.58. The van der Waals surface area contributed by atoms with Gasteiger partial charge in [-0.05, 0) is 12.1 Å². The lowest BCUT2D eigenvalue weighted by Gasteiger charge is -2.34. The Morgan fingerprint density at radius 3 is 2.32 bits per heavy atom. The maximum atomic E-state index is 8.89. The molecule has 3 N–H and O–H groups in total. The molecule has 0 aliphatic carbocycles. The summed E-state index contributed by atoms with van der Waals surface area (Å²) in [7, 11) is 0. The minimum absolute atomic E-state index is 0.246. The number of hydrogen-bond acceptors (Lipinski definition) is 5. The molecule has 0 unspecified atom stereocenters. The van der Waals surface area contributed by atoms with Gasteiger partial charge in [0.25, 0.3) is 0 Å². The highest BCUT2D eigenvalue weighted by molar-refractivity contribution is 5.51. The van der Waals surface area contributed by atoms with E-state index in [1.165, 1.54) is 0 Å². The average Bonchev–Trinajstić information content (AvgIpc) is 2.43. The van der Waals surface area contributed by atoms with Crippen LogP contribution in [0.25, 0.3) is 0 Å². The van der Waals surface area contributed by atoms with Crippen LogP contribution >= 0.6 is 0 Å². The second-order valence-corrected chi connectivity index (χ2v) is 4.79. The molecule has 5 nitrogen and oxygen atoms in total. The molecular formula is C14H23N3O2. The highest BCUT2D eigenvalue weighted by atomic mass is 16.5. The summed E-state index contributed by atoms with van der Waals surface area (Å²) in [6.45, 7) is 6.72. The van der Waals surface area contributed by atoms with Crippen molar-refractivity contribution in [3.8, 4) is 5.75 Å². The summed E-state index contributed by atoms with van der Waals surface area (Å²) in [6.07, 6.45) is 0. The van der Waals surface area contributed by atoms with Gasteiger partial charge in [-0.3, -0.25) is 9.80 Å². The lowest BCUT2D eigenvalue weighted by molar-refractivity contribution is 0.102. The number of aliphatic hydroxyl groups excluding tert-OH is 1. The van der Waals surface area contributed by atoms with E-state index >= 15 is 0 Å². The topological polar surface area (TPSA) is 62.0 Å². The molecule has 0 amide bonds. The van der Waals surface area contributed by atoms with Gasteiger partial charge < -0.3 is 15.6 Å². The maximum absolute atomic E-state index is 8.89. The van der Waals surface area contributed by atoms with Gasteiger partial charge in [0.2, 0.25) is 0 Å². The van der Waals surface area contributed by atoms with Gasteiger partial charge in [0.05, 0.1) is 12.3 Å². The van der Waals surface area contributed by atoms with Crippen LogP contribution in [0, 0.1) is 0 Å². The van der Waals surface area contributed by atoms with Gasteiger partial charge in [-0.15, -0.1) is 0 Å². The zero-order valence-corrected chi connectivity index (χ0v) is 11.3. The third-order valence-corrected chi connectivity index (χ3v) is 3.47. The normalized spacial score (nSPS) is 17.5. The fraction of sp³-hybridized carbons (Fsp3) is 0.571. The SMILES string of the molecule is Nc1ccccc1OCCN1CCN(CCO)CC1. The minimum atomic E-state index is 0.246. The average molecular weight is 265 g/mol. The van der Waals surface area contributed by atoms with Crippen molar-refractivity contribution in [1.82, 2.24) is 9.80 Å². The van der Waals surface area contributed by atoms with Crippen LogP contribution in [0.15, 0.2) is 24.3 Å². The highest BCUT2D eigenvalue weighted by Gasteiger charge is 2.15. The minimum Gasteiger partial charge on any atom is -0.490 e. The van der Waals surface area contributed by atoms with Gasteiger partial charge in [-0.2, -0.15) is 0 Å². The number of nitrogens with two attached hydrogens (primary N) is 1. The molecule has 0 saturated carbocycles. The number of β-amino-alcohol motifs (C(OH)–C–C–N with tert-alkyl or cyclic N) is 1. The highest BCUT2D eigenvalue weighted by Crippen LogP contribution is 2.19. The maximum Gasteiger partial charge on any atom is 0.142 e. The first kappa shape index (κ1) is 14.1. The number of aliphatic hydroxyl groups is 1. The van der Waals surface area contributed by atoms with Crippen LogP contribution in [0.3, 0.4) is 0 Å². The van der Waals surface area contributed by atoms with Crippen LogP contribution in [0.2, 0.25) is 0 Å². The summed E-state index contributed by atoms with van der Waals surface area (Å²) in [5.41, 5.74) is 6.51. The molecule has 1 saturated heterocycles. The molecule has 0 radical (unpaired) electrons. The molecule has 1 aromatic rings. The van der Waals surface area contributed by atoms with Crippen molar-refractivity contribution in [3.05, 3.63) is 24.3 Å². The molecule has 5 heteroatoms. The monoisotopic (exact) mass is 265 g/mol. The molecule has 1 heterocycles. The van der Waals surface area contributed by atoms with Crippen LogP contribution in [-0.2, 0) is 0 Å². The Labute approximate surface area is 114 Å². The molecular weight excluding hydrogens is 242 g/mol. The number of para-hydroxylation sites is 2. The van der Waals surface area contributed by atoms with Crippen molar-refractivity contribution in [2.75, 3.05) is 58.2 Å². The Hall–Kier alpha value is -1.30. The van der Waals surface area contributed by atoms with Crippen molar-refractivity contribution in [3.63, 3.8) is 0 Å². The third kappa shape index (κ3) is 4.38. The molecule has 0 atom stereocenters. The van der Waals surface area contributed by atoms with E-state index in [0.717, 1.165) is 45.0 Å². The van der Waals surface area contributed by atoms with Crippen molar-refractivity contribution >= 4 is 5.69 Å². The number of nitrogens with zero attached hydrogens (tertiary/aromatic N) is 2. The number of hydrogen-bond donors (Lipinski definition) is 2. The smallest absolute Gasteiger partial charge is 0.142 e. The zero-order valence-electron chi connectivity index (χ0n) is 11.3. The molecule has 1 fully saturated rings. The number of anilines is 1. The molecule has 1 aromatic carbocycles. The number of benzene rings is 1. The van der Waals surface area contributed by atoms with E-state index in [2.05, 4.69) is 9.80 Å². The Bertz CT molecular complexity index is 379. The Morgan fingerprint density at radius 1 is 1.05 bits per heavy atom. The van der Waals surface area contributed by atoms with E-state index < -0.39 is 0 Å². The summed E-state index contributed by atoms with van der Waals surface area (Å²) >= 11 is 0. The number of rotatable bonds is 6. The lowest BCUT2D eigenvalue weighted by Crippen LogP contribution is -2.48. The fourth-order valence-corrected chi connectivity index (χ4v) is 2.27. The molecule has 19 heavy (non-hydrogen) atoms. The summed E-state index contributed by atoms with van der Waals surface area (Å²) < 4.78 is 5.69. The summed E-state index contributed by atoms with van der Waals surface area (Å²) in [4.78, 5) is 4.67. The van der Waals surface area contributed by atoms with Crippen LogP contribution in [0.1, 0.15) is 0 Å². The largest absolute Gasteiger partial charge is 0.490 e. The van der Waals surface area contributed by atoms with Crippen LogP contribution < -0.4 is 10.5 Å². The Kier molecular flexibility index (Phi) is 5.44. The van der Waals surface area contributed by atoms with E-state index in [0.29, 0.717) is 12.3 Å². The van der Waals surface area contributed by atoms with Gasteiger partial charge in [0, 0.05) is 39.3 Å². The van der Waals surface area contributed by atoms with Crippen LogP contribution in [0.5, 0.6) is 5.75 Å². The number of piperazine rings is 1. The third-order valence-electron chi connectivity index (χ3n) is 3.47. The predicted octanol–water partition coefficient (Wildman–Crippen LogP) is 0.257. The fourth-order valence-electron chi connectivity index (χ4n) is 2.27. The van der Waals surface area contributed by atoms with Crippen molar-refractivity contribution < 1.29 is 9.84 Å². The van der Waals surface area contributed by atoms with E-state index in [-0.39, 0.29) is 6.61 Å². The second-order valence-electron chi connectivity index (χ2n) is 4.79. The van der Waals surface area contributed by atoms with Crippen LogP contribution in [0.4, 0.5) is 5.69 Å². The summed E-state index contributed by atoms with van der Waals surface area (Å²) in [5.74, 6) is 0.765. The zero-order chi connectivity index (χ0) is 13.5. The van der Waals surface area contributed by atoms with Crippen molar-refractivity contribution in [2.45, 2.75) is 0 Å². The van der Waals surface area contributed by atoms with E-state index in [1.54, 1.807) is 0 Å². The number of nitrogen functional groups attached to an aromatic ring is 1. The molecule has 0 spiro atoms. The van der Waals surface area contributed by atoms with Crippen molar-refractivity contribution in [1.29, 1.82) is 0 Å². The first-order chi connectivity index (χ1) is 9.29. The molecule has 0 bridgehead atoms. The Balaban J connectivity index is 1.66. The van der Waals surface area contributed by atoms with Crippen LogP contribution in [-0.4, -0.2) is 67.4 Å². The van der Waals surface area contributed by atoms with E-state index in [4.69, 9.17) is 15.6 Å². The lowest BCUT2D eigenvalue weighted by atomic mass is 10.3. The van der Waals surface area contributed by atoms with Gasteiger partial charge >= 0.3 is 0 Å². The molecule has 1 aliphatic rings. The van der Waals surface area contributed by atoms with Crippen molar-refractivity contribution in [2.24, 2.45) is 0 Å². The van der Waals surface area contributed by atoms with E-state index in [1.807, 2.05) is 24.3 Å². The molecule has 1 aliphatic heterocycles. The number of ether oxygens (including phenoxy) is 1. The first-order valence-corrected chi connectivity index (χ1v) is 6.82. The van der Waals surface area contributed by atoms with Gasteiger partial charge in [-0.25, -0.2) is 0 Å². The molecule has 106 valence electrons. The molecule has 0 aromatic heterocycles. The standard InChI is InChI=1S/C14H23N3O2/c15-13-3-1-2-4-14(13)19-12-10-17-7-5-16(6-8-17)9-11-18/h1-4,18H,5-12,15H2. The summed E-state index contributed by atoms with van der Waals surface area (Å²) in [5, 5.41) is 8.89. The first-order valence-electron chi connectivity index (χ1n) is 6.82. The molecule has 2 rings (SSSR count). The van der Waals surface area contributed by atoms with Gasteiger partial charge in [0.15, 0.2) is 0 Å². The Morgan fingerprint density at radius 2 is 1.68 bits per heavy atom. The van der Waals surface area contributed by atoms with Gasteiger partial charge in [0.1, 0.15) is 12.4 Å². The predicted molar refractivity (Wildman–Crippen MR) is 76.3 cm³/mol. The quantitative estimate of drug-likeness (QED) is 0.722. The van der Waals surface area contributed by atoms with E-state index in [9.17, 15) is 0 Å². The van der Waals surface area contributed by atoms with Gasteiger partial charge in [-0.1, -0.05) is 12.1 Å².